The first-order valence-electron chi connectivity index (χ1n) is 6.30. The SMILES string of the molecule is CCC1CCN(c2ccc(C(C)=O)nn2)CC1. The van der Waals surface area contributed by atoms with Crippen molar-refractivity contribution >= 4 is 11.6 Å². The summed E-state index contributed by atoms with van der Waals surface area (Å²) in [5, 5.41) is 8.08. The lowest BCUT2D eigenvalue weighted by atomic mass is 9.94. The number of hydrogen-bond donors (Lipinski definition) is 0. The molecule has 2 heterocycles. The molecule has 1 saturated heterocycles. The summed E-state index contributed by atoms with van der Waals surface area (Å²) in [6.45, 7) is 5.86. The zero-order valence-corrected chi connectivity index (χ0v) is 10.5. The van der Waals surface area contributed by atoms with Crippen LogP contribution in [0.3, 0.4) is 0 Å². The molecule has 0 N–H and O–H groups in total. The van der Waals surface area contributed by atoms with Crippen molar-refractivity contribution in [3.05, 3.63) is 17.8 Å². The fourth-order valence-electron chi connectivity index (χ4n) is 2.25. The van der Waals surface area contributed by atoms with Crippen molar-refractivity contribution in [1.29, 1.82) is 0 Å². The summed E-state index contributed by atoms with van der Waals surface area (Å²) >= 11 is 0. The Morgan fingerprint density at radius 3 is 2.53 bits per heavy atom. The highest BCUT2D eigenvalue weighted by atomic mass is 16.1. The van der Waals surface area contributed by atoms with Gasteiger partial charge in [0.05, 0.1) is 0 Å². The maximum Gasteiger partial charge on any atom is 0.180 e. The fourth-order valence-corrected chi connectivity index (χ4v) is 2.25. The zero-order chi connectivity index (χ0) is 12.3. The normalized spacial score (nSPS) is 17.2. The van der Waals surface area contributed by atoms with Gasteiger partial charge in [-0.25, -0.2) is 0 Å². The standard InChI is InChI=1S/C13H19N3O/c1-3-11-6-8-16(9-7-11)13-5-4-12(10(2)17)14-15-13/h4-5,11H,3,6-9H2,1-2H3. The molecule has 2 rings (SSSR count). The second kappa shape index (κ2) is 5.25. The topological polar surface area (TPSA) is 46.1 Å². The maximum atomic E-state index is 11.1. The Morgan fingerprint density at radius 1 is 1.35 bits per heavy atom. The van der Waals surface area contributed by atoms with Crippen LogP contribution in [0.5, 0.6) is 0 Å². The van der Waals surface area contributed by atoms with Crippen LogP contribution in [0, 0.1) is 5.92 Å². The maximum absolute atomic E-state index is 11.1. The number of nitrogens with zero attached hydrogens (tertiary/aromatic N) is 3. The minimum absolute atomic E-state index is 0.0336. The van der Waals surface area contributed by atoms with Crippen LogP contribution < -0.4 is 4.90 Å². The van der Waals surface area contributed by atoms with E-state index in [1.165, 1.54) is 26.2 Å². The molecule has 17 heavy (non-hydrogen) atoms. The molecule has 0 bridgehead atoms. The molecule has 1 aliphatic rings. The first-order chi connectivity index (χ1) is 8.20. The Hall–Kier alpha value is -1.45. The van der Waals surface area contributed by atoms with Gasteiger partial charge in [-0.15, -0.1) is 10.2 Å². The van der Waals surface area contributed by atoms with Crippen molar-refractivity contribution in [2.45, 2.75) is 33.1 Å². The van der Waals surface area contributed by atoms with E-state index >= 15 is 0 Å². The van der Waals surface area contributed by atoms with E-state index in [0.717, 1.165) is 24.8 Å². The molecule has 92 valence electrons. The molecule has 1 aromatic heterocycles. The van der Waals surface area contributed by atoms with Crippen molar-refractivity contribution in [3.63, 3.8) is 0 Å². The molecule has 1 aromatic rings. The third kappa shape index (κ3) is 2.81. The smallest absolute Gasteiger partial charge is 0.180 e. The van der Waals surface area contributed by atoms with Crippen LogP contribution in [0.1, 0.15) is 43.6 Å². The summed E-state index contributed by atoms with van der Waals surface area (Å²) in [6, 6.07) is 3.66. The van der Waals surface area contributed by atoms with Gasteiger partial charge < -0.3 is 4.90 Å². The van der Waals surface area contributed by atoms with Crippen molar-refractivity contribution in [2.24, 2.45) is 5.92 Å². The van der Waals surface area contributed by atoms with Gasteiger partial charge in [-0.3, -0.25) is 4.79 Å². The summed E-state index contributed by atoms with van der Waals surface area (Å²) in [6.07, 6.45) is 3.72. The van der Waals surface area contributed by atoms with Crippen molar-refractivity contribution < 1.29 is 4.79 Å². The third-order valence-electron chi connectivity index (χ3n) is 3.53. The lowest BCUT2D eigenvalue weighted by Gasteiger charge is -2.31. The second-order valence-corrected chi connectivity index (χ2v) is 4.67. The number of carbonyl (C=O) groups is 1. The van der Waals surface area contributed by atoms with Gasteiger partial charge in [-0.2, -0.15) is 0 Å². The van der Waals surface area contributed by atoms with E-state index in [0.29, 0.717) is 5.69 Å². The highest BCUT2D eigenvalue weighted by molar-refractivity contribution is 5.91. The lowest BCUT2D eigenvalue weighted by molar-refractivity contribution is 0.101. The molecule has 0 aromatic carbocycles. The Labute approximate surface area is 102 Å². The fraction of sp³-hybridized carbons (Fsp3) is 0.615. The van der Waals surface area contributed by atoms with Gasteiger partial charge >= 0.3 is 0 Å². The molecule has 0 radical (unpaired) electrons. The average Bonchev–Trinajstić information content (AvgIpc) is 2.39. The molecule has 1 fully saturated rings. The van der Waals surface area contributed by atoms with Gasteiger partial charge in [0.25, 0.3) is 0 Å². The predicted molar refractivity (Wildman–Crippen MR) is 67.3 cm³/mol. The molecule has 4 nitrogen and oxygen atoms in total. The molecular weight excluding hydrogens is 214 g/mol. The number of carbonyl (C=O) groups excluding carboxylic acids is 1. The predicted octanol–water partition coefficient (Wildman–Crippen LogP) is 2.31. The summed E-state index contributed by atoms with van der Waals surface area (Å²) in [4.78, 5) is 13.4. The molecular formula is C13H19N3O. The monoisotopic (exact) mass is 233 g/mol. The van der Waals surface area contributed by atoms with Gasteiger partial charge in [0.15, 0.2) is 11.6 Å². The number of hydrogen-bond acceptors (Lipinski definition) is 4. The third-order valence-corrected chi connectivity index (χ3v) is 3.53. The number of anilines is 1. The summed E-state index contributed by atoms with van der Waals surface area (Å²) in [5.74, 6) is 1.72. The first-order valence-corrected chi connectivity index (χ1v) is 6.30. The van der Waals surface area contributed by atoms with Gasteiger partial charge in [0.2, 0.25) is 0 Å². The summed E-state index contributed by atoms with van der Waals surface area (Å²) < 4.78 is 0. The first kappa shape index (κ1) is 12.0. The molecule has 0 amide bonds. The minimum atomic E-state index is -0.0336. The van der Waals surface area contributed by atoms with Crippen LogP contribution >= 0.6 is 0 Å². The highest BCUT2D eigenvalue weighted by Gasteiger charge is 2.19. The second-order valence-electron chi connectivity index (χ2n) is 4.67. The number of rotatable bonds is 3. The van der Waals surface area contributed by atoms with Gasteiger partial charge in [0, 0.05) is 20.0 Å². The average molecular weight is 233 g/mol. The van der Waals surface area contributed by atoms with Crippen LogP contribution in [-0.2, 0) is 0 Å². The molecule has 0 saturated carbocycles. The quantitative estimate of drug-likeness (QED) is 0.752. The molecule has 4 heteroatoms. The van der Waals surface area contributed by atoms with E-state index in [1.807, 2.05) is 6.07 Å². The van der Waals surface area contributed by atoms with E-state index in [2.05, 4.69) is 22.0 Å². The van der Waals surface area contributed by atoms with E-state index < -0.39 is 0 Å². The number of ketones is 1. The van der Waals surface area contributed by atoms with Gasteiger partial charge in [-0.05, 0) is 30.9 Å². The molecule has 1 aliphatic heterocycles. The number of Topliss-reactive ketones (excluding diaryl/α,β-unsaturated/α-hetero) is 1. The zero-order valence-electron chi connectivity index (χ0n) is 10.5. The Kier molecular flexibility index (Phi) is 3.71. The lowest BCUT2D eigenvalue weighted by Crippen LogP contribution is -2.34. The van der Waals surface area contributed by atoms with E-state index in [1.54, 1.807) is 6.07 Å². The van der Waals surface area contributed by atoms with Crippen LogP contribution in [-0.4, -0.2) is 29.1 Å². The van der Waals surface area contributed by atoms with Crippen molar-refractivity contribution in [2.75, 3.05) is 18.0 Å². The minimum Gasteiger partial charge on any atom is -0.355 e. The van der Waals surface area contributed by atoms with Crippen LogP contribution in [0.15, 0.2) is 12.1 Å². The molecule has 0 atom stereocenters. The van der Waals surface area contributed by atoms with Crippen LogP contribution in [0.2, 0.25) is 0 Å². The van der Waals surface area contributed by atoms with Gasteiger partial charge in [0.1, 0.15) is 5.69 Å². The summed E-state index contributed by atoms with van der Waals surface area (Å²) in [5.41, 5.74) is 0.442. The highest BCUT2D eigenvalue weighted by Crippen LogP contribution is 2.23. The molecule has 0 unspecified atom stereocenters. The van der Waals surface area contributed by atoms with E-state index in [9.17, 15) is 4.79 Å². The Bertz CT molecular complexity index is 380. The van der Waals surface area contributed by atoms with Crippen molar-refractivity contribution in [3.8, 4) is 0 Å². The van der Waals surface area contributed by atoms with Crippen molar-refractivity contribution in [1.82, 2.24) is 10.2 Å². The Balaban J connectivity index is 2.01. The molecule has 0 spiro atoms. The van der Waals surface area contributed by atoms with E-state index in [4.69, 9.17) is 0 Å². The molecule has 0 aliphatic carbocycles. The number of aromatic nitrogens is 2. The summed E-state index contributed by atoms with van der Waals surface area (Å²) in [7, 11) is 0. The Morgan fingerprint density at radius 2 is 2.06 bits per heavy atom. The van der Waals surface area contributed by atoms with Crippen LogP contribution in [0.25, 0.3) is 0 Å². The van der Waals surface area contributed by atoms with Gasteiger partial charge in [-0.1, -0.05) is 13.3 Å². The van der Waals surface area contributed by atoms with Crippen LogP contribution in [0.4, 0.5) is 5.82 Å². The number of piperidine rings is 1. The largest absolute Gasteiger partial charge is 0.355 e. The van der Waals surface area contributed by atoms with E-state index in [-0.39, 0.29) is 5.78 Å².